The van der Waals surface area contributed by atoms with Crippen LogP contribution in [-0.4, -0.2) is 14.8 Å². The summed E-state index contributed by atoms with van der Waals surface area (Å²) < 4.78 is 28.7. The van der Waals surface area contributed by atoms with Gasteiger partial charge in [-0.25, -0.2) is 18.4 Å². The summed E-state index contributed by atoms with van der Waals surface area (Å²) in [6.07, 6.45) is 4.73. The van der Waals surface area contributed by atoms with Crippen LogP contribution in [0.4, 0.5) is 8.78 Å². The normalized spacial score (nSPS) is 14.6. The summed E-state index contributed by atoms with van der Waals surface area (Å²) in [5.74, 6) is 1.06. The maximum absolute atomic E-state index is 13.8. The minimum absolute atomic E-state index is 0.357. The highest BCUT2D eigenvalue weighted by atomic mass is 19.1. The second-order valence-corrected chi connectivity index (χ2v) is 5.65. The van der Waals surface area contributed by atoms with Crippen LogP contribution >= 0.6 is 0 Å². The van der Waals surface area contributed by atoms with Crippen LogP contribution in [0.3, 0.4) is 0 Å². The van der Waals surface area contributed by atoms with Gasteiger partial charge in [-0.05, 0) is 30.9 Å². The van der Waals surface area contributed by atoms with Gasteiger partial charge in [-0.15, -0.1) is 0 Å². The van der Waals surface area contributed by atoms with Crippen LogP contribution < -0.4 is 0 Å². The van der Waals surface area contributed by atoms with Gasteiger partial charge in [0, 0.05) is 24.9 Å². The number of halogens is 2. The van der Waals surface area contributed by atoms with Crippen molar-refractivity contribution in [1.29, 1.82) is 0 Å². The van der Waals surface area contributed by atoms with E-state index < -0.39 is 11.6 Å². The van der Waals surface area contributed by atoms with Gasteiger partial charge < -0.3 is 0 Å². The fourth-order valence-corrected chi connectivity index (χ4v) is 2.36. The van der Waals surface area contributed by atoms with Gasteiger partial charge in [-0.1, -0.05) is 19.4 Å². The van der Waals surface area contributed by atoms with Crippen LogP contribution in [-0.2, 0) is 13.0 Å². The van der Waals surface area contributed by atoms with Crippen molar-refractivity contribution >= 4 is 0 Å². The molecule has 0 N–H and O–H groups in total. The van der Waals surface area contributed by atoms with Gasteiger partial charge in [-0.2, -0.15) is 5.10 Å². The monoisotopic (exact) mass is 291 g/mol. The molecule has 1 aliphatic rings. The first kappa shape index (κ1) is 14.2. The molecule has 0 spiro atoms. The van der Waals surface area contributed by atoms with Crippen molar-refractivity contribution in [3.8, 4) is 0 Å². The Morgan fingerprint density at radius 1 is 1.29 bits per heavy atom. The average molecular weight is 291 g/mol. The molecule has 0 unspecified atom stereocenters. The summed E-state index contributed by atoms with van der Waals surface area (Å²) >= 11 is 0. The fraction of sp³-hybridized carbons (Fsp3) is 0.500. The first-order valence-corrected chi connectivity index (χ1v) is 7.55. The molecule has 21 heavy (non-hydrogen) atoms. The van der Waals surface area contributed by atoms with Crippen LogP contribution in [0, 0.1) is 11.6 Å². The van der Waals surface area contributed by atoms with Gasteiger partial charge in [0.15, 0.2) is 5.82 Å². The van der Waals surface area contributed by atoms with E-state index in [9.17, 15) is 8.78 Å². The molecule has 1 fully saturated rings. The zero-order chi connectivity index (χ0) is 14.8. The number of aryl methyl sites for hydroxylation is 1. The second-order valence-electron chi connectivity index (χ2n) is 5.65. The molecule has 0 bridgehead atoms. The molecule has 1 aromatic heterocycles. The Kier molecular flexibility index (Phi) is 3.99. The average Bonchev–Trinajstić information content (AvgIpc) is 3.22. The molecule has 3 rings (SSSR count). The van der Waals surface area contributed by atoms with E-state index in [4.69, 9.17) is 0 Å². The van der Waals surface area contributed by atoms with Gasteiger partial charge in [0.05, 0.1) is 0 Å². The number of unbranched alkanes of at least 4 members (excludes halogenated alkanes) is 1. The lowest BCUT2D eigenvalue weighted by molar-refractivity contribution is 0.539. The number of rotatable bonds is 6. The topological polar surface area (TPSA) is 30.7 Å². The molecule has 1 saturated carbocycles. The maximum Gasteiger partial charge on any atom is 0.154 e. The van der Waals surface area contributed by atoms with Gasteiger partial charge >= 0.3 is 0 Å². The molecule has 0 aliphatic heterocycles. The lowest BCUT2D eigenvalue weighted by atomic mass is 10.1. The Morgan fingerprint density at radius 2 is 2.10 bits per heavy atom. The predicted molar refractivity (Wildman–Crippen MR) is 76.1 cm³/mol. The summed E-state index contributed by atoms with van der Waals surface area (Å²) in [5.41, 5.74) is 0.462. The number of aromatic nitrogens is 3. The predicted octanol–water partition coefficient (Wildman–Crippen LogP) is 3.82. The van der Waals surface area contributed by atoms with Crippen molar-refractivity contribution in [2.24, 2.45) is 0 Å². The largest absolute Gasteiger partial charge is 0.249 e. The molecular weight excluding hydrogens is 272 g/mol. The van der Waals surface area contributed by atoms with Crippen LogP contribution in [0.1, 0.15) is 55.7 Å². The van der Waals surface area contributed by atoms with E-state index in [1.165, 1.54) is 12.1 Å². The highest BCUT2D eigenvalue weighted by Gasteiger charge is 2.29. The van der Waals surface area contributed by atoms with E-state index in [2.05, 4.69) is 17.0 Å². The number of nitrogens with zero attached hydrogens (tertiary/aromatic N) is 3. The number of hydrogen-bond donors (Lipinski definition) is 0. The quantitative estimate of drug-likeness (QED) is 0.810. The van der Waals surface area contributed by atoms with Crippen molar-refractivity contribution in [2.45, 2.75) is 51.5 Å². The highest BCUT2D eigenvalue weighted by molar-refractivity contribution is 5.22. The molecule has 1 aromatic carbocycles. The zero-order valence-corrected chi connectivity index (χ0v) is 12.1. The summed E-state index contributed by atoms with van der Waals surface area (Å²) in [7, 11) is 0. The first-order chi connectivity index (χ1) is 10.2. The van der Waals surface area contributed by atoms with E-state index in [0.29, 0.717) is 17.9 Å². The molecule has 112 valence electrons. The molecule has 1 heterocycles. The third-order valence-corrected chi connectivity index (χ3v) is 3.79. The Hall–Kier alpha value is -1.78. The van der Waals surface area contributed by atoms with Gasteiger partial charge in [0.25, 0.3) is 0 Å². The molecule has 5 heteroatoms. The van der Waals surface area contributed by atoms with Gasteiger partial charge in [0.1, 0.15) is 17.5 Å². The Labute approximate surface area is 123 Å². The van der Waals surface area contributed by atoms with Crippen LogP contribution in [0.2, 0.25) is 0 Å². The minimum atomic E-state index is -0.553. The van der Waals surface area contributed by atoms with Crippen LogP contribution in [0.15, 0.2) is 18.2 Å². The minimum Gasteiger partial charge on any atom is -0.249 e. The summed E-state index contributed by atoms with van der Waals surface area (Å²) in [6.45, 7) is 2.92. The maximum atomic E-state index is 13.8. The van der Waals surface area contributed by atoms with Crippen molar-refractivity contribution < 1.29 is 8.78 Å². The van der Waals surface area contributed by atoms with E-state index in [1.807, 2.05) is 4.68 Å². The third-order valence-electron chi connectivity index (χ3n) is 3.79. The summed E-state index contributed by atoms with van der Waals surface area (Å²) in [6, 6.07) is 3.69. The third kappa shape index (κ3) is 3.28. The van der Waals surface area contributed by atoms with Crippen molar-refractivity contribution in [3.05, 3.63) is 47.0 Å². The van der Waals surface area contributed by atoms with Crippen LogP contribution in [0.5, 0.6) is 0 Å². The molecule has 0 saturated heterocycles. The molecular formula is C16H19F2N3. The second kappa shape index (κ2) is 5.92. The van der Waals surface area contributed by atoms with Crippen molar-refractivity contribution in [2.75, 3.05) is 0 Å². The summed E-state index contributed by atoms with van der Waals surface area (Å²) in [4.78, 5) is 4.58. The van der Waals surface area contributed by atoms with Crippen molar-refractivity contribution in [3.63, 3.8) is 0 Å². The van der Waals surface area contributed by atoms with E-state index in [0.717, 1.165) is 49.9 Å². The lowest BCUT2D eigenvalue weighted by Gasteiger charge is -2.06. The molecule has 0 atom stereocenters. The highest BCUT2D eigenvalue weighted by Crippen LogP contribution is 2.38. The number of hydrogen-bond acceptors (Lipinski definition) is 2. The molecule has 0 amide bonds. The fourth-order valence-electron chi connectivity index (χ4n) is 2.36. The lowest BCUT2D eigenvalue weighted by Crippen LogP contribution is -2.07. The first-order valence-electron chi connectivity index (χ1n) is 7.55. The molecule has 2 aromatic rings. The van der Waals surface area contributed by atoms with Gasteiger partial charge in [-0.3, -0.25) is 0 Å². The molecule has 3 nitrogen and oxygen atoms in total. The zero-order valence-electron chi connectivity index (χ0n) is 12.1. The van der Waals surface area contributed by atoms with Gasteiger partial charge in [0.2, 0.25) is 0 Å². The Bertz CT molecular complexity index is 632. The SMILES string of the molecule is CCCCn1nc(C2CC2)nc1Cc1ccc(F)cc1F. The van der Waals surface area contributed by atoms with E-state index in [-0.39, 0.29) is 0 Å². The molecule has 1 aliphatic carbocycles. The van der Waals surface area contributed by atoms with Crippen molar-refractivity contribution in [1.82, 2.24) is 14.8 Å². The number of benzene rings is 1. The van der Waals surface area contributed by atoms with E-state index in [1.54, 1.807) is 0 Å². The van der Waals surface area contributed by atoms with Crippen LogP contribution in [0.25, 0.3) is 0 Å². The Morgan fingerprint density at radius 3 is 2.76 bits per heavy atom. The summed E-state index contributed by atoms with van der Waals surface area (Å²) in [5, 5.41) is 4.56. The standard InChI is InChI=1S/C16H19F2N3/c1-2-3-8-21-15(19-16(20-21)11-4-5-11)9-12-6-7-13(17)10-14(12)18/h6-7,10-11H,2-5,8-9H2,1H3. The smallest absolute Gasteiger partial charge is 0.154 e. The Balaban J connectivity index is 1.85. The molecule has 0 radical (unpaired) electrons. The van der Waals surface area contributed by atoms with E-state index >= 15 is 0 Å².